The molecule has 0 saturated carbocycles. The number of ether oxygens (including phenoxy) is 3. The highest BCUT2D eigenvalue weighted by molar-refractivity contribution is 7.15. The molecule has 0 spiro atoms. The number of methoxy groups -OCH3 is 1. The van der Waals surface area contributed by atoms with E-state index in [1.165, 1.54) is 82.8 Å². The van der Waals surface area contributed by atoms with E-state index in [4.69, 9.17) is 9.47 Å². The Labute approximate surface area is 840 Å². The van der Waals surface area contributed by atoms with Crippen LogP contribution in [0.5, 0.6) is 0 Å². The number of amides is 2. The lowest BCUT2D eigenvalue weighted by molar-refractivity contribution is -0.108. The molecule has 3 aliphatic rings. The Bertz CT molecular complexity index is 6160. The molecule has 2 amide bonds. The first kappa shape index (κ1) is 107. The number of morpholine rings is 1. The summed E-state index contributed by atoms with van der Waals surface area (Å²) in [7, 11) is 8.95. The summed E-state index contributed by atoms with van der Waals surface area (Å²) in [5.74, 6) is 3.99. The monoisotopic (exact) mass is 2050 g/mol. The van der Waals surface area contributed by atoms with E-state index < -0.39 is 11.7 Å². The topological polar surface area (TPSA) is 503 Å². The van der Waals surface area contributed by atoms with E-state index in [9.17, 15) is 47.9 Å². The minimum Gasteiger partial charge on any atom is -0.453 e. The first-order valence-electron chi connectivity index (χ1n) is 44.7. The number of H-pyrrole nitrogens is 1. The lowest BCUT2D eigenvalue weighted by Crippen LogP contribution is -2.50. The van der Waals surface area contributed by atoms with Crippen LogP contribution in [0.2, 0.25) is 0 Å². The lowest BCUT2D eigenvalue weighted by Gasteiger charge is -2.35. The van der Waals surface area contributed by atoms with Crippen molar-refractivity contribution >= 4 is 171 Å². The highest BCUT2D eigenvalue weighted by atomic mass is 32.1. The third kappa shape index (κ3) is 35.1. The maximum absolute atomic E-state index is 12.2. The molecule has 14 aromatic heterocycles. The van der Waals surface area contributed by atoms with Crippen LogP contribution in [-0.4, -0.2) is 272 Å². The molecule has 2 N–H and O–H groups in total. The van der Waals surface area contributed by atoms with E-state index in [1.54, 1.807) is 83.3 Å². The summed E-state index contributed by atoms with van der Waals surface area (Å²) < 4.78 is 15.2. The maximum atomic E-state index is 12.2. The van der Waals surface area contributed by atoms with Gasteiger partial charge in [0.15, 0.2) is 5.82 Å². The molecular formula is C93H106N28O13S7. The van der Waals surface area contributed by atoms with Crippen molar-refractivity contribution in [1.29, 1.82) is 0 Å². The normalized spacial score (nSPS) is 12.5. The quantitative estimate of drug-likeness (QED) is 0.0354. The fourth-order valence-electron chi connectivity index (χ4n) is 12.6. The summed E-state index contributed by atoms with van der Waals surface area (Å²) in [6.45, 7) is 13.3. The van der Waals surface area contributed by atoms with Crippen LogP contribution >= 0.6 is 79.4 Å². The molecule has 738 valence electrons. The summed E-state index contributed by atoms with van der Waals surface area (Å²) in [6.07, 6.45) is 36.5. The summed E-state index contributed by atoms with van der Waals surface area (Å²) in [4.78, 5) is 199. The molecule has 48 heteroatoms. The van der Waals surface area contributed by atoms with E-state index in [-0.39, 0.29) is 17.7 Å². The Hall–Kier alpha value is -14.0. The second-order valence-electron chi connectivity index (χ2n) is 32.1. The summed E-state index contributed by atoms with van der Waals surface area (Å²) in [5, 5.41) is 30.2. The van der Waals surface area contributed by atoms with Crippen molar-refractivity contribution < 1.29 is 57.4 Å². The van der Waals surface area contributed by atoms with E-state index in [1.807, 2.05) is 121 Å². The van der Waals surface area contributed by atoms with Crippen LogP contribution in [0.4, 0.5) is 45.0 Å². The van der Waals surface area contributed by atoms with Crippen molar-refractivity contribution in [2.45, 2.75) is 129 Å². The standard InChI is InChI=1S/C19H25N5O3S.C14H16N4O2S.C14H16N4OS.C12H12N4O3S.2C12H14N4OS.C10H9N3O2S/c1-19(2,3)27-18(26)24-8-6-23(7-9-24)17-20-11-14(12-21-17)16-22-15(13-28-16)5-4-10-25;19-5-1-2-12-10-21-13(17-12)11-8-15-14(16-9-11)18-3-6-20-7-4-18;19-7-3-4-12-10-20-13(17-12)11-8-15-14(16-9-11)18-5-1-2-6-18;1-19-12(18)16-11-13-5-8(6-14-11)10-15-9(7-20-10)3-2-4-17;1-16(2)11-6-5-10(14-15-11)12-13-9(8-18-12)4-3-7-17;1-16(2)11-7-13-10(6-14-11)12-15-9(8-18-12)4-3-5-17;14-3-1-2-8-6-16-9(13-8)7-4-11-10(15)12-5-7/h10-13H,4-9H2,1-3H3;5,8-10H,1-4,6-7H2;7-10H,1-6H2;4-7H,2-3H2,1H3,(H,13,14,16,18);2*5-8H,3-4H2,1-2H3;3-6H,1-2H2,(H,11,12,15). The first-order chi connectivity index (χ1) is 68.5. The van der Waals surface area contributed by atoms with Gasteiger partial charge in [0.05, 0.1) is 72.6 Å². The smallest absolute Gasteiger partial charge is 0.413 e. The zero-order chi connectivity index (χ0) is 100. The molecule has 14 aromatic rings. The molecule has 3 saturated heterocycles. The van der Waals surface area contributed by atoms with Crippen molar-refractivity contribution in [3.05, 3.63) is 174 Å². The largest absolute Gasteiger partial charge is 0.453 e. The first-order valence-corrected chi connectivity index (χ1v) is 50.9. The molecule has 17 heterocycles. The van der Waals surface area contributed by atoms with Crippen LogP contribution < -0.4 is 35.5 Å². The molecule has 0 aliphatic carbocycles. The number of nitrogens with one attached hydrogen (secondary N) is 2. The fourth-order valence-corrected chi connectivity index (χ4v) is 18.4. The molecule has 0 bridgehead atoms. The Kier molecular flexibility index (Phi) is 43.3. The molecule has 0 aromatic carbocycles. The number of aromatic nitrogens is 21. The number of rotatable bonds is 34. The van der Waals surface area contributed by atoms with Crippen LogP contribution in [-0.2, 0) is 92.7 Å². The van der Waals surface area contributed by atoms with E-state index >= 15 is 0 Å². The lowest BCUT2D eigenvalue weighted by atomic mass is 10.2. The number of aldehydes is 7. The van der Waals surface area contributed by atoms with Gasteiger partial charge in [-0.2, -0.15) is 0 Å². The third-order valence-corrected chi connectivity index (χ3v) is 26.4. The van der Waals surface area contributed by atoms with Crippen LogP contribution in [0.1, 0.15) is 118 Å². The fraction of sp³-hybridized carbons (Fsp3) is 0.376. The van der Waals surface area contributed by atoms with Gasteiger partial charge in [0.25, 0.3) is 0 Å². The Morgan fingerprint density at radius 2 is 0.738 bits per heavy atom. The predicted octanol–water partition coefficient (Wildman–Crippen LogP) is 13.2. The second kappa shape index (κ2) is 56.9. The van der Waals surface area contributed by atoms with Crippen molar-refractivity contribution in [2.75, 3.05) is 131 Å². The van der Waals surface area contributed by atoms with Gasteiger partial charge >= 0.3 is 17.9 Å². The predicted molar refractivity (Wildman–Crippen MR) is 545 cm³/mol. The van der Waals surface area contributed by atoms with Gasteiger partial charge in [-0.3, -0.25) is 5.32 Å². The molecule has 3 fully saturated rings. The number of hydrogen-bond acceptors (Lipinski definition) is 45. The summed E-state index contributed by atoms with van der Waals surface area (Å²) in [6, 6.07) is 3.82. The van der Waals surface area contributed by atoms with Gasteiger partial charge in [-0.15, -0.1) is 89.6 Å². The molecule has 3 aliphatic heterocycles. The van der Waals surface area contributed by atoms with Gasteiger partial charge in [-0.25, -0.2) is 104 Å². The SMILES string of the molecule is CC(C)(C)OC(=O)N1CCN(c2ncc(-c3nc(CCC=O)cs3)cn2)CC1.CN(C)c1ccc(-c2nc(CCC=O)cs2)nn1.CN(C)c1cnc(-c2nc(CCC=O)cs2)cn1.COC(=O)Nc1ncc(-c2nc(CCC=O)cs2)cn1.O=CCCc1csc(-c2cnc(=O)[nH]c2)n1.O=CCCc1csc(-c2cnc(N3CCCC3)nc2)n1.O=CCCc1csc(-c2cnc(N3CCOCC3)nc2)n1. The summed E-state index contributed by atoms with van der Waals surface area (Å²) in [5.41, 5.74) is 11.3. The number of aromatic amines is 1. The maximum Gasteiger partial charge on any atom is 0.413 e. The van der Waals surface area contributed by atoms with Crippen LogP contribution in [0.3, 0.4) is 0 Å². The minimum atomic E-state index is -0.622. The summed E-state index contributed by atoms with van der Waals surface area (Å²) >= 11 is 10.6. The average Bonchev–Trinajstić information content (AvgIpc) is 1.56. The molecule has 0 atom stereocenters. The number of carbonyl (C=O) groups is 9. The number of aryl methyl sites for hydroxylation is 7. The molecular weight excluding hydrogens is 1940 g/mol. The second-order valence-corrected chi connectivity index (χ2v) is 38.1. The molecule has 17 rings (SSSR count). The van der Waals surface area contributed by atoms with Gasteiger partial charge in [-0.05, 0) is 90.7 Å². The molecule has 0 unspecified atom stereocenters. The average molecular weight is 2050 g/mol. The number of thiazole rings is 7. The molecule has 141 heavy (non-hydrogen) atoms. The van der Waals surface area contributed by atoms with Crippen molar-refractivity contribution in [1.82, 2.24) is 110 Å². The Morgan fingerprint density at radius 3 is 1.06 bits per heavy atom. The number of piperazine rings is 1. The third-order valence-electron chi connectivity index (χ3n) is 19.9. The number of carbonyl (C=O) groups excluding carboxylic acids is 9. The zero-order valence-electron chi connectivity index (χ0n) is 78.8. The molecule has 0 radical (unpaired) electrons. The van der Waals surface area contributed by atoms with Gasteiger partial charge in [0.2, 0.25) is 23.8 Å². The van der Waals surface area contributed by atoms with Crippen LogP contribution in [0, 0.1) is 0 Å². The van der Waals surface area contributed by atoms with E-state index in [0.717, 1.165) is 221 Å². The number of hydrogen-bond donors (Lipinski definition) is 2. The van der Waals surface area contributed by atoms with E-state index in [0.29, 0.717) is 122 Å². The van der Waals surface area contributed by atoms with Gasteiger partial charge < -0.3 is 82.2 Å². The van der Waals surface area contributed by atoms with Crippen LogP contribution in [0.25, 0.3) is 74.3 Å². The van der Waals surface area contributed by atoms with Crippen molar-refractivity contribution in [3.8, 4) is 74.3 Å². The van der Waals surface area contributed by atoms with Crippen molar-refractivity contribution in [2.24, 2.45) is 0 Å². The molecule has 41 nitrogen and oxygen atoms in total. The Balaban J connectivity index is 0.000000158. The van der Waals surface area contributed by atoms with Gasteiger partial charge in [0.1, 0.15) is 102 Å². The highest BCUT2D eigenvalue weighted by Gasteiger charge is 2.28. The van der Waals surface area contributed by atoms with E-state index in [2.05, 4.69) is 130 Å². The van der Waals surface area contributed by atoms with Crippen LogP contribution in [0.15, 0.2) is 129 Å². The van der Waals surface area contributed by atoms with Gasteiger partial charge in [0, 0.05) is 253 Å². The van der Waals surface area contributed by atoms with Crippen molar-refractivity contribution in [3.63, 3.8) is 0 Å². The van der Waals surface area contributed by atoms with Gasteiger partial charge in [-0.1, -0.05) is 0 Å². The highest BCUT2D eigenvalue weighted by Crippen LogP contribution is 2.32. The number of nitrogens with zero attached hydrogens (tertiary/aromatic N) is 26. The minimum absolute atomic E-state index is 0.165. The zero-order valence-corrected chi connectivity index (χ0v) is 84.6. The number of anilines is 6. The Morgan fingerprint density at radius 1 is 0.397 bits per heavy atom.